The number of aryl methyl sites for hydroxylation is 2. The van der Waals surface area contributed by atoms with Crippen LogP contribution in [0.15, 0.2) is 81.6 Å². The molecule has 0 saturated carbocycles. The average Bonchev–Trinajstić information content (AvgIpc) is 3.12. The molecule has 0 spiro atoms. The van der Waals surface area contributed by atoms with Crippen molar-refractivity contribution in [1.82, 2.24) is 9.40 Å². The van der Waals surface area contributed by atoms with Crippen LogP contribution in [-0.4, -0.2) is 43.6 Å². The zero-order chi connectivity index (χ0) is 38.4. The second-order valence-corrected chi connectivity index (χ2v) is 16.7. The van der Waals surface area contributed by atoms with E-state index in [9.17, 15) is 31.3 Å². The molecule has 0 saturated heterocycles. The van der Waals surface area contributed by atoms with Gasteiger partial charge in [0.25, 0.3) is 20.1 Å². The second-order valence-electron chi connectivity index (χ2n) is 13.6. The Labute approximate surface area is 313 Å². The number of unbranched alkanes of at least 4 members (excludes halogenated alkanes) is 13. The maximum absolute atomic E-state index is 13.8. The van der Waals surface area contributed by atoms with E-state index >= 15 is 0 Å². The molecule has 0 bridgehead atoms. The summed E-state index contributed by atoms with van der Waals surface area (Å²) in [5, 5.41) is 14.2. The van der Waals surface area contributed by atoms with Gasteiger partial charge in [0, 0.05) is 12.4 Å². The zero-order valence-corrected chi connectivity index (χ0v) is 32.6. The van der Waals surface area contributed by atoms with Gasteiger partial charge in [-0.05, 0) is 67.4 Å². The van der Waals surface area contributed by atoms with Gasteiger partial charge >= 0.3 is 5.97 Å². The van der Waals surface area contributed by atoms with E-state index in [0.29, 0.717) is 17.6 Å². The number of nitrogens with zero attached hydrogens (tertiary/aromatic N) is 2. The van der Waals surface area contributed by atoms with E-state index < -0.39 is 31.0 Å². The van der Waals surface area contributed by atoms with E-state index in [2.05, 4.69) is 16.9 Å². The average molecular weight is 768 g/mol. The van der Waals surface area contributed by atoms with Crippen LogP contribution < -0.4 is 14.9 Å². The first kappa shape index (κ1) is 41.6. The summed E-state index contributed by atoms with van der Waals surface area (Å²) >= 11 is 0. The van der Waals surface area contributed by atoms with Crippen LogP contribution >= 0.6 is 0 Å². The number of benzene rings is 3. The molecule has 4 aromatic rings. The van der Waals surface area contributed by atoms with Gasteiger partial charge in [0.15, 0.2) is 0 Å². The van der Waals surface area contributed by atoms with Gasteiger partial charge in [-0.1, -0.05) is 114 Å². The summed E-state index contributed by atoms with van der Waals surface area (Å²) in [6, 6.07) is 16.9. The minimum atomic E-state index is -4.58. The molecule has 0 atom stereocenters. The number of carbonyl (C=O) groups is 1. The number of nitrogens with one attached hydrogen (secondary N) is 1. The van der Waals surface area contributed by atoms with Gasteiger partial charge in [-0.2, -0.15) is 26.8 Å². The van der Waals surface area contributed by atoms with Gasteiger partial charge in [0.1, 0.15) is 10.6 Å². The fourth-order valence-corrected chi connectivity index (χ4v) is 7.89. The molecule has 3 N–H and O–H groups in total. The summed E-state index contributed by atoms with van der Waals surface area (Å²) < 4.78 is 69.0. The van der Waals surface area contributed by atoms with E-state index in [1.54, 1.807) is 13.1 Å². The maximum Gasteiger partial charge on any atom is 0.335 e. The molecule has 0 aliphatic rings. The molecule has 11 nitrogen and oxygen atoms in total. The summed E-state index contributed by atoms with van der Waals surface area (Å²) in [7, 11) is -7.30. The van der Waals surface area contributed by atoms with Gasteiger partial charge in [-0.15, -0.1) is 0 Å². The second kappa shape index (κ2) is 19.8. The molecular formula is C40H53N3O8S2. The number of sulfonamides is 1. The number of fused-ring (bicyclic) bond motifs is 1. The number of pyridine rings is 1. The third kappa shape index (κ3) is 12.2. The highest BCUT2D eigenvalue weighted by Crippen LogP contribution is 2.27. The summed E-state index contributed by atoms with van der Waals surface area (Å²) in [5.74, 6) is -1.31. The molecule has 0 radical (unpaired) electrons. The van der Waals surface area contributed by atoms with Crippen LogP contribution in [0.1, 0.15) is 113 Å². The normalized spacial score (nSPS) is 12.3. The lowest BCUT2D eigenvalue weighted by molar-refractivity contribution is 0.0696. The zero-order valence-electron chi connectivity index (χ0n) is 31.0. The third-order valence-electron chi connectivity index (χ3n) is 9.37. The van der Waals surface area contributed by atoms with Crippen LogP contribution in [0.2, 0.25) is 0 Å². The van der Waals surface area contributed by atoms with Crippen molar-refractivity contribution in [3.8, 4) is 17.0 Å². The lowest BCUT2D eigenvalue weighted by Gasteiger charge is -2.15. The van der Waals surface area contributed by atoms with Crippen LogP contribution in [-0.2, 0) is 27.2 Å². The Morgan fingerprint density at radius 2 is 1.42 bits per heavy atom. The summed E-state index contributed by atoms with van der Waals surface area (Å²) in [6.07, 6.45) is 16.8. The molecule has 13 heteroatoms. The van der Waals surface area contributed by atoms with Crippen LogP contribution in [0, 0.1) is 6.92 Å². The molecule has 1 aromatic heterocycles. The van der Waals surface area contributed by atoms with E-state index in [-0.39, 0.29) is 33.6 Å². The first-order valence-corrected chi connectivity index (χ1v) is 21.5. The first-order chi connectivity index (χ1) is 25.3. The van der Waals surface area contributed by atoms with Crippen molar-refractivity contribution in [3.05, 3.63) is 83.2 Å². The van der Waals surface area contributed by atoms with E-state index in [1.807, 2.05) is 35.8 Å². The molecule has 0 aliphatic carbocycles. The highest BCUT2D eigenvalue weighted by Gasteiger charge is 2.22. The number of hydrogen-bond donors (Lipinski definition) is 3. The van der Waals surface area contributed by atoms with Crippen molar-refractivity contribution in [2.75, 3.05) is 6.61 Å². The molecule has 0 unspecified atom stereocenters. The molecule has 288 valence electrons. The Bertz CT molecular complexity index is 2150. The highest BCUT2D eigenvalue weighted by atomic mass is 32.2. The Kier molecular flexibility index (Phi) is 15.5. The predicted molar refractivity (Wildman–Crippen MR) is 208 cm³/mol. The SMILES string of the molecule is CCCCCCCCCCCCCCCCOc1ccc(C(=O)O)cc1S(=O)(=O)NN=c1cc(-c2cccc(C)c2)n(C)c2ccc(S(=O)(=O)O)cc12. The Morgan fingerprint density at radius 1 is 0.792 bits per heavy atom. The lowest BCUT2D eigenvalue weighted by atomic mass is 10.0. The molecule has 0 aliphatic heterocycles. The van der Waals surface area contributed by atoms with Gasteiger partial charge in [-0.25, -0.2) is 4.79 Å². The standard InChI is InChI=1S/C40H53N3O8S2/c1-4-5-6-7-8-9-10-11-12-13-14-15-16-17-25-51-38-24-21-32(40(44)45)27-39(38)52(46,47)42-41-35-29-37(31-20-18-19-30(2)26-31)43(3)36-23-22-33(28-34(35)36)53(48,49)50/h18-24,26-29,42H,4-17,25H2,1-3H3,(H,44,45)(H,48,49,50). The molecule has 53 heavy (non-hydrogen) atoms. The number of ether oxygens (including phenoxy) is 1. The largest absolute Gasteiger partial charge is 0.492 e. The lowest BCUT2D eigenvalue weighted by Crippen LogP contribution is -2.24. The third-order valence-corrected chi connectivity index (χ3v) is 11.5. The highest BCUT2D eigenvalue weighted by molar-refractivity contribution is 7.89. The van der Waals surface area contributed by atoms with Crippen LogP contribution in [0.3, 0.4) is 0 Å². The van der Waals surface area contributed by atoms with Crippen molar-refractivity contribution in [2.45, 2.75) is 114 Å². The van der Waals surface area contributed by atoms with Gasteiger partial charge in [-0.3, -0.25) is 4.55 Å². The number of aromatic carboxylic acids is 1. The fourth-order valence-electron chi connectivity index (χ4n) is 6.39. The van der Waals surface area contributed by atoms with Gasteiger partial charge in [0.2, 0.25) is 0 Å². The number of rotatable bonds is 22. The van der Waals surface area contributed by atoms with Crippen molar-refractivity contribution in [2.24, 2.45) is 12.1 Å². The molecule has 3 aromatic carbocycles. The van der Waals surface area contributed by atoms with E-state index in [4.69, 9.17) is 4.74 Å². The quantitative estimate of drug-likeness (QED) is 0.0406. The maximum atomic E-state index is 13.8. The first-order valence-electron chi connectivity index (χ1n) is 18.6. The number of carboxylic acids is 1. The Balaban J connectivity index is 1.48. The molecular weight excluding hydrogens is 715 g/mol. The van der Waals surface area contributed by atoms with Gasteiger partial charge < -0.3 is 14.4 Å². The van der Waals surface area contributed by atoms with Crippen LogP contribution in [0.5, 0.6) is 5.75 Å². The van der Waals surface area contributed by atoms with Crippen molar-refractivity contribution in [3.63, 3.8) is 0 Å². The van der Waals surface area contributed by atoms with E-state index in [1.165, 1.54) is 94.5 Å². The topological polar surface area (TPSA) is 164 Å². The molecule has 4 rings (SSSR count). The smallest absolute Gasteiger partial charge is 0.335 e. The summed E-state index contributed by atoms with van der Waals surface area (Å²) in [4.78, 5) is 13.2. The van der Waals surface area contributed by atoms with E-state index in [0.717, 1.165) is 36.5 Å². The van der Waals surface area contributed by atoms with Crippen molar-refractivity contribution >= 4 is 37.0 Å². The number of carboxylic acid groups (broad SMARTS) is 1. The number of aromatic nitrogens is 1. The molecule has 1 heterocycles. The summed E-state index contributed by atoms with van der Waals surface area (Å²) in [5.41, 5.74) is 2.72. The Hall–Kier alpha value is -4.20. The minimum Gasteiger partial charge on any atom is -0.492 e. The number of hydrogen-bond acceptors (Lipinski definition) is 7. The Morgan fingerprint density at radius 3 is 2.00 bits per heavy atom. The molecule has 0 fully saturated rings. The minimum absolute atomic E-state index is 0.00850. The van der Waals surface area contributed by atoms with Crippen molar-refractivity contribution in [1.29, 1.82) is 0 Å². The van der Waals surface area contributed by atoms with Crippen LogP contribution in [0.4, 0.5) is 0 Å². The molecule has 0 amide bonds. The summed E-state index contributed by atoms with van der Waals surface area (Å²) in [6.45, 7) is 4.43. The van der Waals surface area contributed by atoms with Crippen LogP contribution in [0.25, 0.3) is 22.2 Å². The van der Waals surface area contributed by atoms with Gasteiger partial charge in [0.05, 0.1) is 33.6 Å². The monoisotopic (exact) mass is 767 g/mol. The fraction of sp³-hybridized carbons (Fsp3) is 0.450. The predicted octanol–water partition coefficient (Wildman–Crippen LogP) is 8.75. The van der Waals surface area contributed by atoms with Crippen molar-refractivity contribution < 1.29 is 36.0 Å².